The summed E-state index contributed by atoms with van der Waals surface area (Å²) in [6, 6.07) is 8.10. The van der Waals surface area contributed by atoms with Gasteiger partial charge < -0.3 is 19.5 Å². The second-order valence-corrected chi connectivity index (χ2v) is 9.80. The zero-order valence-electron chi connectivity index (χ0n) is 17.5. The van der Waals surface area contributed by atoms with Crippen molar-refractivity contribution in [1.29, 1.82) is 0 Å². The van der Waals surface area contributed by atoms with Crippen molar-refractivity contribution in [2.75, 3.05) is 29.5 Å². The minimum atomic E-state index is -2.42. The highest BCUT2D eigenvalue weighted by Crippen LogP contribution is 2.34. The van der Waals surface area contributed by atoms with Crippen LogP contribution in [0.4, 0.5) is 21.6 Å². The van der Waals surface area contributed by atoms with Crippen molar-refractivity contribution in [1.82, 2.24) is 9.97 Å². The molecule has 1 saturated heterocycles. The van der Waals surface area contributed by atoms with Crippen LogP contribution in [-0.4, -0.2) is 45.6 Å². The van der Waals surface area contributed by atoms with Crippen molar-refractivity contribution in [2.24, 2.45) is 0 Å². The van der Waals surface area contributed by atoms with E-state index in [9.17, 15) is 8.60 Å². The minimum absolute atomic E-state index is 0.115. The second kappa shape index (κ2) is 8.68. The number of rotatable bonds is 7. The zero-order chi connectivity index (χ0) is 22.0. The van der Waals surface area contributed by atoms with Crippen LogP contribution in [0.2, 0.25) is 0 Å². The Hall–Kier alpha value is -2.91. The molecule has 1 aromatic heterocycles. The maximum atomic E-state index is 13.9. The van der Waals surface area contributed by atoms with Gasteiger partial charge in [0.15, 0.2) is 0 Å². The molecular formula is C22H25FN4O3S. The Kier molecular flexibility index (Phi) is 5.97. The van der Waals surface area contributed by atoms with Crippen LogP contribution in [0, 0.1) is 5.82 Å². The largest absolute Gasteiger partial charge is 0.486 e. The van der Waals surface area contributed by atoms with Crippen LogP contribution in [0.5, 0.6) is 5.75 Å². The van der Waals surface area contributed by atoms with E-state index < -0.39 is 9.71 Å². The van der Waals surface area contributed by atoms with Crippen molar-refractivity contribution in [3.8, 4) is 5.75 Å². The second-order valence-electron chi connectivity index (χ2n) is 7.58. The van der Waals surface area contributed by atoms with Crippen molar-refractivity contribution in [2.45, 2.75) is 25.9 Å². The topological polar surface area (TPSA) is 85.4 Å². The number of fused-ring (bicyclic) bond motifs is 1. The van der Waals surface area contributed by atoms with Crippen LogP contribution in [0.15, 0.2) is 36.7 Å². The summed E-state index contributed by atoms with van der Waals surface area (Å²) in [4.78, 5) is 8.82. The van der Waals surface area contributed by atoms with Crippen LogP contribution in [0.1, 0.15) is 18.9 Å². The third-order valence-electron chi connectivity index (χ3n) is 4.91. The number of hydrogen-bond acceptors (Lipinski definition) is 6. The van der Waals surface area contributed by atoms with Gasteiger partial charge in [-0.15, -0.1) is 0 Å². The molecule has 2 heterocycles. The van der Waals surface area contributed by atoms with Gasteiger partial charge in [-0.1, -0.05) is 6.92 Å². The first-order valence-electron chi connectivity index (χ1n) is 10.0. The van der Waals surface area contributed by atoms with Gasteiger partial charge in [-0.25, -0.2) is 18.6 Å². The van der Waals surface area contributed by atoms with Gasteiger partial charge in [0.25, 0.3) is 0 Å². The number of benzene rings is 2. The number of anilines is 3. The SMILES string of the molecule is C=S(C)(=O)Nc1cc(CC)c2c(Nc3ccc(F)cc3OC3CCOC3)ncnc2c1. The summed E-state index contributed by atoms with van der Waals surface area (Å²) in [7, 11) is -2.42. The Labute approximate surface area is 181 Å². The van der Waals surface area contributed by atoms with Gasteiger partial charge in [0.2, 0.25) is 0 Å². The fourth-order valence-corrected chi connectivity index (χ4v) is 4.18. The third kappa shape index (κ3) is 5.05. The third-order valence-corrected chi connectivity index (χ3v) is 5.58. The lowest BCUT2D eigenvalue weighted by Crippen LogP contribution is -2.16. The Morgan fingerprint density at radius 2 is 2.16 bits per heavy atom. The summed E-state index contributed by atoms with van der Waals surface area (Å²) in [5.41, 5.74) is 2.95. The number of nitrogens with one attached hydrogen (secondary N) is 2. The molecule has 0 spiro atoms. The van der Waals surface area contributed by atoms with Gasteiger partial charge >= 0.3 is 0 Å². The highest BCUT2D eigenvalue weighted by Gasteiger charge is 2.20. The van der Waals surface area contributed by atoms with E-state index in [1.807, 2.05) is 19.1 Å². The van der Waals surface area contributed by atoms with Crippen LogP contribution in [0.25, 0.3) is 10.9 Å². The first-order chi connectivity index (χ1) is 14.8. The number of aromatic nitrogens is 2. The lowest BCUT2D eigenvalue weighted by atomic mass is 10.1. The average Bonchev–Trinajstić information content (AvgIpc) is 3.21. The number of nitrogens with zero attached hydrogens (tertiary/aromatic N) is 2. The lowest BCUT2D eigenvalue weighted by molar-refractivity contribution is 0.141. The molecular weight excluding hydrogens is 419 g/mol. The van der Waals surface area contributed by atoms with Crippen molar-refractivity contribution < 1.29 is 18.1 Å². The number of hydrogen-bond donors (Lipinski definition) is 2. The lowest BCUT2D eigenvalue weighted by Gasteiger charge is -2.18. The maximum Gasteiger partial charge on any atom is 0.146 e. The Balaban J connectivity index is 1.73. The molecule has 4 rings (SSSR count). The van der Waals surface area contributed by atoms with Gasteiger partial charge in [-0.05, 0) is 42.1 Å². The molecule has 0 saturated carbocycles. The van der Waals surface area contributed by atoms with E-state index in [0.29, 0.717) is 48.1 Å². The molecule has 0 aliphatic carbocycles. The number of ether oxygens (including phenoxy) is 2. The Morgan fingerprint density at radius 3 is 2.87 bits per heavy atom. The van der Waals surface area contributed by atoms with Crippen LogP contribution in [0.3, 0.4) is 0 Å². The molecule has 31 heavy (non-hydrogen) atoms. The molecule has 1 aliphatic heterocycles. The predicted molar refractivity (Wildman–Crippen MR) is 123 cm³/mol. The summed E-state index contributed by atoms with van der Waals surface area (Å²) in [5, 5.41) is 4.12. The van der Waals surface area contributed by atoms with Gasteiger partial charge in [0.1, 0.15) is 29.8 Å². The normalized spacial score (nSPS) is 18.0. The minimum Gasteiger partial charge on any atom is -0.486 e. The fourth-order valence-electron chi connectivity index (χ4n) is 3.57. The van der Waals surface area contributed by atoms with E-state index in [0.717, 1.165) is 17.4 Å². The molecule has 2 atom stereocenters. The molecule has 164 valence electrons. The van der Waals surface area contributed by atoms with E-state index in [2.05, 4.69) is 25.9 Å². The Bertz CT molecular complexity index is 1210. The Morgan fingerprint density at radius 1 is 1.32 bits per heavy atom. The zero-order valence-corrected chi connectivity index (χ0v) is 18.3. The predicted octanol–water partition coefficient (Wildman–Crippen LogP) is 3.92. The van der Waals surface area contributed by atoms with E-state index in [1.165, 1.54) is 18.5 Å². The standard InChI is InChI=1S/C22H25FN4O3S/c1-4-14-9-16(27-31(2,3)28)11-19-21(14)22(25-13-24-19)26-18-6-5-15(23)10-20(18)30-17-7-8-29-12-17/h5-6,9-11,13,17H,2,4,7-8,12H2,1,3H3,(H,27,28)(H,24,25,26). The molecule has 2 aromatic carbocycles. The van der Waals surface area contributed by atoms with Crippen LogP contribution < -0.4 is 14.8 Å². The first kappa shape index (κ1) is 21.3. The van der Waals surface area contributed by atoms with Crippen molar-refractivity contribution in [3.05, 3.63) is 48.0 Å². The molecule has 0 amide bonds. The van der Waals surface area contributed by atoms with Crippen molar-refractivity contribution >= 4 is 43.7 Å². The quantitative estimate of drug-likeness (QED) is 0.538. The molecule has 0 bridgehead atoms. The summed E-state index contributed by atoms with van der Waals surface area (Å²) < 4.78 is 40.3. The average molecular weight is 445 g/mol. The molecule has 7 nitrogen and oxygen atoms in total. The number of halogens is 1. The van der Waals surface area contributed by atoms with Gasteiger partial charge in [0, 0.05) is 39.5 Å². The van der Waals surface area contributed by atoms with Gasteiger partial charge in [0.05, 0.1) is 24.4 Å². The van der Waals surface area contributed by atoms with E-state index in [-0.39, 0.29) is 11.9 Å². The number of aryl methyl sites for hydroxylation is 1. The maximum absolute atomic E-state index is 13.9. The molecule has 2 unspecified atom stereocenters. The fraction of sp³-hybridized carbons (Fsp3) is 0.318. The molecule has 2 N–H and O–H groups in total. The van der Waals surface area contributed by atoms with E-state index in [4.69, 9.17) is 9.47 Å². The highest BCUT2D eigenvalue weighted by molar-refractivity contribution is 8.00. The van der Waals surface area contributed by atoms with Crippen molar-refractivity contribution in [3.63, 3.8) is 0 Å². The molecule has 9 heteroatoms. The van der Waals surface area contributed by atoms with E-state index in [1.54, 1.807) is 12.3 Å². The monoisotopic (exact) mass is 444 g/mol. The molecule has 1 fully saturated rings. The van der Waals surface area contributed by atoms with Gasteiger partial charge in [-0.3, -0.25) is 0 Å². The summed E-state index contributed by atoms with van der Waals surface area (Å²) >= 11 is 0. The van der Waals surface area contributed by atoms with E-state index >= 15 is 0 Å². The molecule has 3 aromatic rings. The summed E-state index contributed by atoms with van der Waals surface area (Å²) in [6.45, 7) is 3.14. The molecule has 0 radical (unpaired) electrons. The smallest absolute Gasteiger partial charge is 0.146 e. The first-order valence-corrected chi connectivity index (χ1v) is 12.1. The summed E-state index contributed by atoms with van der Waals surface area (Å²) in [5.74, 6) is 4.26. The molecule has 1 aliphatic rings. The van der Waals surface area contributed by atoms with Gasteiger partial charge in [-0.2, -0.15) is 0 Å². The van der Waals surface area contributed by atoms with Crippen LogP contribution in [-0.2, 0) is 20.9 Å². The highest BCUT2D eigenvalue weighted by atomic mass is 32.2. The van der Waals surface area contributed by atoms with Crippen LogP contribution >= 0.6 is 0 Å². The summed E-state index contributed by atoms with van der Waals surface area (Å²) in [6.07, 6.45) is 4.35.